The van der Waals surface area contributed by atoms with Crippen molar-refractivity contribution in [2.24, 2.45) is 0 Å². The number of rotatable bonds is 3. The lowest BCUT2D eigenvalue weighted by Gasteiger charge is -2.37. The van der Waals surface area contributed by atoms with Crippen molar-refractivity contribution >= 4 is 22.3 Å². The van der Waals surface area contributed by atoms with Gasteiger partial charge in [-0.15, -0.1) is 0 Å². The molecule has 0 saturated carbocycles. The fourth-order valence-corrected chi connectivity index (χ4v) is 4.06. The van der Waals surface area contributed by atoms with E-state index in [1.165, 1.54) is 42.2 Å². The summed E-state index contributed by atoms with van der Waals surface area (Å²) >= 11 is 0. The number of aromatic nitrogens is 1. The maximum Gasteiger partial charge on any atom is 0.129 e. The van der Waals surface area contributed by atoms with E-state index >= 15 is 0 Å². The largest absolute Gasteiger partial charge is 0.354 e. The molecule has 3 heteroatoms. The topological polar surface area (TPSA) is 19.4 Å². The molecular formula is C22H29N3. The number of allylic oxidation sites excluding steroid dienone is 2. The molecular weight excluding hydrogens is 306 g/mol. The van der Waals surface area contributed by atoms with Gasteiger partial charge in [0.15, 0.2) is 0 Å². The molecule has 1 fully saturated rings. The van der Waals surface area contributed by atoms with Crippen molar-refractivity contribution in [3.05, 3.63) is 42.0 Å². The number of hydrogen-bond acceptors (Lipinski definition) is 3. The van der Waals surface area contributed by atoms with Gasteiger partial charge < -0.3 is 4.90 Å². The van der Waals surface area contributed by atoms with Crippen molar-refractivity contribution in [3.8, 4) is 0 Å². The van der Waals surface area contributed by atoms with Crippen LogP contribution in [-0.4, -0.2) is 42.1 Å². The SMILES string of the molecule is CC(C)N1CCN(c2ccc3cc(C4=CCCCC4)ccc3n2)CC1. The molecule has 1 aromatic carbocycles. The fourth-order valence-electron chi connectivity index (χ4n) is 4.06. The van der Waals surface area contributed by atoms with Crippen LogP contribution in [0.4, 0.5) is 5.82 Å². The lowest BCUT2D eigenvalue weighted by Crippen LogP contribution is -2.49. The molecule has 1 saturated heterocycles. The van der Waals surface area contributed by atoms with E-state index in [1.54, 1.807) is 0 Å². The Balaban J connectivity index is 1.54. The monoisotopic (exact) mass is 335 g/mol. The number of piperazine rings is 1. The van der Waals surface area contributed by atoms with E-state index < -0.39 is 0 Å². The van der Waals surface area contributed by atoms with Crippen LogP contribution < -0.4 is 4.90 Å². The highest BCUT2D eigenvalue weighted by Gasteiger charge is 2.19. The minimum atomic E-state index is 0.638. The third kappa shape index (κ3) is 3.57. The van der Waals surface area contributed by atoms with E-state index in [4.69, 9.17) is 4.98 Å². The zero-order valence-electron chi connectivity index (χ0n) is 15.5. The van der Waals surface area contributed by atoms with E-state index in [-0.39, 0.29) is 0 Å². The van der Waals surface area contributed by atoms with Crippen molar-refractivity contribution in [3.63, 3.8) is 0 Å². The summed E-state index contributed by atoms with van der Waals surface area (Å²) in [6.45, 7) is 8.96. The first-order valence-electron chi connectivity index (χ1n) is 9.80. The van der Waals surface area contributed by atoms with E-state index in [2.05, 4.69) is 60.1 Å². The van der Waals surface area contributed by atoms with Gasteiger partial charge in [0, 0.05) is 37.6 Å². The van der Waals surface area contributed by atoms with Crippen LogP contribution in [0.25, 0.3) is 16.5 Å². The summed E-state index contributed by atoms with van der Waals surface area (Å²) in [7, 11) is 0. The van der Waals surface area contributed by atoms with Crippen molar-refractivity contribution < 1.29 is 0 Å². The first kappa shape index (κ1) is 16.6. The Morgan fingerprint density at radius 1 is 0.960 bits per heavy atom. The zero-order chi connectivity index (χ0) is 17.2. The minimum Gasteiger partial charge on any atom is -0.354 e. The summed E-state index contributed by atoms with van der Waals surface area (Å²) in [5.41, 5.74) is 4.01. The van der Waals surface area contributed by atoms with E-state index in [0.717, 1.165) is 37.5 Å². The number of nitrogens with zero attached hydrogens (tertiary/aromatic N) is 3. The van der Waals surface area contributed by atoms with Gasteiger partial charge in [0.25, 0.3) is 0 Å². The average molecular weight is 335 g/mol. The molecule has 0 amide bonds. The van der Waals surface area contributed by atoms with Gasteiger partial charge in [-0.25, -0.2) is 4.98 Å². The highest BCUT2D eigenvalue weighted by Crippen LogP contribution is 2.29. The molecule has 0 radical (unpaired) electrons. The van der Waals surface area contributed by atoms with Gasteiger partial charge in [0.2, 0.25) is 0 Å². The molecule has 132 valence electrons. The third-order valence-electron chi connectivity index (χ3n) is 5.70. The molecule has 2 aliphatic rings. The Morgan fingerprint density at radius 3 is 2.52 bits per heavy atom. The van der Waals surface area contributed by atoms with Gasteiger partial charge in [-0.1, -0.05) is 12.1 Å². The van der Waals surface area contributed by atoms with E-state index in [1.807, 2.05) is 0 Å². The number of pyridine rings is 1. The average Bonchev–Trinajstić information content (AvgIpc) is 2.68. The zero-order valence-corrected chi connectivity index (χ0v) is 15.5. The van der Waals surface area contributed by atoms with Gasteiger partial charge in [-0.3, -0.25) is 4.90 Å². The predicted octanol–water partition coefficient (Wildman–Crippen LogP) is 4.72. The molecule has 0 atom stereocenters. The Morgan fingerprint density at radius 2 is 1.80 bits per heavy atom. The second-order valence-corrected chi connectivity index (χ2v) is 7.67. The maximum absolute atomic E-state index is 4.94. The van der Waals surface area contributed by atoms with Crippen LogP contribution in [-0.2, 0) is 0 Å². The predicted molar refractivity (Wildman–Crippen MR) is 107 cm³/mol. The molecule has 2 heterocycles. The lowest BCUT2D eigenvalue weighted by atomic mass is 9.93. The Kier molecular flexibility index (Phi) is 4.76. The van der Waals surface area contributed by atoms with Crippen LogP contribution in [0.1, 0.15) is 45.1 Å². The summed E-state index contributed by atoms with van der Waals surface area (Å²) in [6.07, 6.45) is 7.53. The maximum atomic E-state index is 4.94. The van der Waals surface area contributed by atoms with Crippen molar-refractivity contribution in [2.75, 3.05) is 31.1 Å². The normalized spacial score (nSPS) is 19.5. The highest BCUT2D eigenvalue weighted by molar-refractivity contribution is 5.84. The molecule has 4 rings (SSSR count). The molecule has 0 unspecified atom stereocenters. The lowest BCUT2D eigenvalue weighted by molar-refractivity contribution is 0.209. The quantitative estimate of drug-likeness (QED) is 0.809. The van der Waals surface area contributed by atoms with Crippen molar-refractivity contribution in [2.45, 2.75) is 45.6 Å². The smallest absolute Gasteiger partial charge is 0.129 e. The number of hydrogen-bond donors (Lipinski definition) is 0. The Hall–Kier alpha value is -1.87. The summed E-state index contributed by atoms with van der Waals surface area (Å²) in [5, 5.41) is 1.26. The number of anilines is 1. The van der Waals surface area contributed by atoms with Crippen molar-refractivity contribution in [1.82, 2.24) is 9.88 Å². The number of benzene rings is 1. The van der Waals surface area contributed by atoms with Crippen molar-refractivity contribution in [1.29, 1.82) is 0 Å². The molecule has 0 spiro atoms. The number of fused-ring (bicyclic) bond motifs is 1. The Labute approximate surface area is 151 Å². The van der Waals surface area contributed by atoms with Crippen LogP contribution in [0.3, 0.4) is 0 Å². The first-order chi connectivity index (χ1) is 12.2. The van der Waals surface area contributed by atoms with Gasteiger partial charge in [0.05, 0.1) is 5.52 Å². The van der Waals surface area contributed by atoms with Crippen LogP contribution in [0, 0.1) is 0 Å². The van der Waals surface area contributed by atoms with E-state index in [9.17, 15) is 0 Å². The van der Waals surface area contributed by atoms with Gasteiger partial charge in [-0.05, 0) is 74.9 Å². The molecule has 2 aromatic rings. The molecule has 1 aliphatic carbocycles. The molecule has 25 heavy (non-hydrogen) atoms. The minimum absolute atomic E-state index is 0.638. The fraction of sp³-hybridized carbons (Fsp3) is 0.500. The summed E-state index contributed by atoms with van der Waals surface area (Å²) < 4.78 is 0. The highest BCUT2D eigenvalue weighted by atomic mass is 15.3. The molecule has 3 nitrogen and oxygen atoms in total. The van der Waals surface area contributed by atoms with Crippen LogP contribution >= 0.6 is 0 Å². The van der Waals surface area contributed by atoms with Crippen LogP contribution in [0.15, 0.2) is 36.4 Å². The van der Waals surface area contributed by atoms with E-state index in [0.29, 0.717) is 6.04 Å². The molecule has 1 aromatic heterocycles. The standard InChI is InChI=1S/C22H29N3/c1-17(2)24-12-14-25(15-13-24)22-11-9-20-16-19(8-10-21(20)23-22)18-6-4-3-5-7-18/h6,8-11,16-17H,3-5,7,12-15H2,1-2H3. The van der Waals surface area contributed by atoms with Gasteiger partial charge >= 0.3 is 0 Å². The van der Waals surface area contributed by atoms with Crippen LogP contribution in [0.2, 0.25) is 0 Å². The Bertz CT molecular complexity index is 770. The van der Waals surface area contributed by atoms with Crippen LogP contribution in [0.5, 0.6) is 0 Å². The van der Waals surface area contributed by atoms with Gasteiger partial charge in [-0.2, -0.15) is 0 Å². The summed E-state index contributed by atoms with van der Waals surface area (Å²) in [5.74, 6) is 1.13. The second-order valence-electron chi connectivity index (χ2n) is 7.67. The molecule has 0 bridgehead atoms. The summed E-state index contributed by atoms with van der Waals surface area (Å²) in [6, 6.07) is 11.9. The summed E-state index contributed by atoms with van der Waals surface area (Å²) in [4.78, 5) is 9.91. The molecule has 0 N–H and O–H groups in total. The first-order valence-corrected chi connectivity index (χ1v) is 9.80. The van der Waals surface area contributed by atoms with Gasteiger partial charge in [0.1, 0.15) is 5.82 Å². The second kappa shape index (κ2) is 7.17. The third-order valence-corrected chi connectivity index (χ3v) is 5.70. The molecule has 1 aliphatic heterocycles.